The average Bonchev–Trinajstić information content (AvgIpc) is 1.93. The van der Waals surface area contributed by atoms with Crippen LogP contribution in [-0.4, -0.2) is 140 Å². The van der Waals surface area contributed by atoms with Gasteiger partial charge in [-0.25, -0.2) is 0 Å². The fourth-order valence-corrected chi connectivity index (χ4v) is 11.6. The molecule has 14 heteroatoms. The molecule has 2 aliphatic heterocycles. The Morgan fingerprint density at radius 2 is 0.761 bits per heavy atom. The predicted octanol–water partition coefficient (Wildman–Crippen LogP) is 15.0. The highest BCUT2D eigenvalue weighted by molar-refractivity contribution is 5.76. The van der Waals surface area contributed by atoms with E-state index in [0.717, 1.165) is 64.2 Å². The van der Waals surface area contributed by atoms with Gasteiger partial charge in [0.05, 0.1) is 32.0 Å². The first kappa shape index (κ1) is 81.5. The second kappa shape index (κ2) is 58.3. The molecule has 0 aromatic rings. The van der Waals surface area contributed by atoms with Crippen LogP contribution in [-0.2, 0) is 23.7 Å². The van der Waals surface area contributed by atoms with E-state index < -0.39 is 86.8 Å². The Bertz CT molecular complexity index is 1750. The van der Waals surface area contributed by atoms with E-state index in [1.807, 2.05) is 6.08 Å². The van der Waals surface area contributed by atoms with Crippen LogP contribution in [0, 0.1) is 0 Å². The Balaban J connectivity index is 1.70. The smallest absolute Gasteiger partial charge is 0.220 e. The molecule has 0 saturated carbocycles. The molecular weight excluding hydrogens is 1110 g/mol. The Hall–Kier alpha value is -2.57. The number of rotatable bonds is 59. The van der Waals surface area contributed by atoms with Crippen LogP contribution in [0.1, 0.15) is 296 Å². The summed E-state index contributed by atoms with van der Waals surface area (Å²) in [5.41, 5.74) is 0. The van der Waals surface area contributed by atoms with E-state index in [0.29, 0.717) is 12.8 Å². The van der Waals surface area contributed by atoms with E-state index >= 15 is 0 Å². The predicted molar refractivity (Wildman–Crippen MR) is 360 cm³/mol. The number of hydrogen-bond donors (Lipinski definition) is 9. The highest BCUT2D eigenvalue weighted by atomic mass is 16.7. The Labute approximate surface area is 536 Å². The molecule has 9 N–H and O–H groups in total. The van der Waals surface area contributed by atoms with E-state index in [1.54, 1.807) is 6.08 Å². The largest absolute Gasteiger partial charge is 0.394 e. The molecule has 0 aromatic heterocycles. The van der Waals surface area contributed by atoms with Crippen molar-refractivity contribution in [3.63, 3.8) is 0 Å². The van der Waals surface area contributed by atoms with E-state index in [2.05, 4.69) is 79.9 Å². The first-order valence-electron chi connectivity index (χ1n) is 36.2. The van der Waals surface area contributed by atoms with Crippen molar-refractivity contribution in [1.29, 1.82) is 0 Å². The molecule has 88 heavy (non-hydrogen) atoms. The summed E-state index contributed by atoms with van der Waals surface area (Å²) < 4.78 is 22.8. The fraction of sp³-hybridized carbons (Fsp3) is 0.824. The summed E-state index contributed by atoms with van der Waals surface area (Å²) in [6.45, 7) is 2.79. The van der Waals surface area contributed by atoms with Crippen LogP contribution >= 0.6 is 0 Å². The molecule has 512 valence electrons. The Morgan fingerprint density at radius 3 is 1.19 bits per heavy atom. The maximum Gasteiger partial charge on any atom is 0.220 e. The summed E-state index contributed by atoms with van der Waals surface area (Å²) in [5.74, 6) is -0.254. The van der Waals surface area contributed by atoms with Gasteiger partial charge in [-0.2, -0.15) is 0 Å². The van der Waals surface area contributed by atoms with Gasteiger partial charge in [0, 0.05) is 6.42 Å². The van der Waals surface area contributed by atoms with Gasteiger partial charge >= 0.3 is 0 Å². The van der Waals surface area contributed by atoms with Gasteiger partial charge < -0.3 is 65.1 Å². The number of carbonyl (C=O) groups excluding carboxylic acids is 1. The quantitative estimate of drug-likeness (QED) is 0.0204. The first-order valence-corrected chi connectivity index (χ1v) is 36.2. The Morgan fingerprint density at radius 1 is 0.409 bits per heavy atom. The Kier molecular flexibility index (Phi) is 54.0. The number of amides is 1. The zero-order chi connectivity index (χ0) is 63.8. The maximum absolute atomic E-state index is 13.3. The molecule has 12 unspecified atom stereocenters. The van der Waals surface area contributed by atoms with Crippen LogP contribution in [0.15, 0.2) is 72.9 Å². The van der Waals surface area contributed by atoms with Gasteiger partial charge in [0.2, 0.25) is 5.91 Å². The van der Waals surface area contributed by atoms with Crippen molar-refractivity contribution in [2.75, 3.05) is 19.8 Å². The lowest BCUT2D eigenvalue weighted by Gasteiger charge is -2.46. The molecule has 14 nitrogen and oxygen atoms in total. The number of unbranched alkanes of at least 4 members (excludes halogenated alkanes) is 36. The van der Waals surface area contributed by atoms with Crippen LogP contribution in [0.4, 0.5) is 0 Å². The third-order valence-corrected chi connectivity index (χ3v) is 17.3. The molecule has 1 amide bonds. The van der Waals surface area contributed by atoms with Gasteiger partial charge in [0.25, 0.3) is 0 Å². The van der Waals surface area contributed by atoms with Crippen molar-refractivity contribution in [2.45, 2.75) is 370 Å². The molecular formula is C74H133NO13. The minimum atomic E-state index is -1.80. The van der Waals surface area contributed by atoms with E-state index in [4.69, 9.17) is 18.9 Å². The number of aliphatic hydroxyl groups excluding tert-OH is 8. The van der Waals surface area contributed by atoms with Crippen LogP contribution in [0.2, 0.25) is 0 Å². The van der Waals surface area contributed by atoms with Crippen molar-refractivity contribution < 1.29 is 64.6 Å². The summed E-state index contributed by atoms with van der Waals surface area (Å²) in [6, 6.07) is -0.944. The topological polar surface area (TPSA) is 228 Å². The minimum Gasteiger partial charge on any atom is -0.394 e. The lowest BCUT2D eigenvalue weighted by Crippen LogP contribution is -2.65. The van der Waals surface area contributed by atoms with Crippen molar-refractivity contribution in [2.24, 2.45) is 0 Å². The fourth-order valence-electron chi connectivity index (χ4n) is 11.6. The van der Waals surface area contributed by atoms with Crippen LogP contribution in [0.5, 0.6) is 0 Å². The zero-order valence-corrected chi connectivity index (χ0v) is 55.7. The lowest BCUT2D eigenvalue weighted by atomic mass is 9.97. The normalized spacial score (nSPS) is 23.6. The van der Waals surface area contributed by atoms with Crippen LogP contribution in [0.3, 0.4) is 0 Å². The summed E-state index contributed by atoms with van der Waals surface area (Å²) in [4.78, 5) is 13.3. The molecule has 0 radical (unpaired) electrons. The molecule has 0 spiro atoms. The van der Waals surface area contributed by atoms with Crippen LogP contribution in [0.25, 0.3) is 0 Å². The van der Waals surface area contributed by atoms with Gasteiger partial charge in [0.1, 0.15) is 48.8 Å². The summed E-state index contributed by atoms with van der Waals surface area (Å²) in [5, 5.41) is 87.5. The van der Waals surface area contributed by atoms with Crippen LogP contribution < -0.4 is 5.32 Å². The van der Waals surface area contributed by atoms with Crippen molar-refractivity contribution in [3.05, 3.63) is 72.9 Å². The summed E-state index contributed by atoms with van der Waals surface area (Å²) >= 11 is 0. The highest BCUT2D eigenvalue weighted by Gasteiger charge is 2.51. The third kappa shape index (κ3) is 41.8. The van der Waals surface area contributed by atoms with Gasteiger partial charge in [-0.1, -0.05) is 279 Å². The number of nitrogens with one attached hydrogen (secondary N) is 1. The molecule has 12 atom stereocenters. The molecule has 2 heterocycles. The highest BCUT2D eigenvalue weighted by Crippen LogP contribution is 2.30. The van der Waals surface area contributed by atoms with E-state index in [9.17, 15) is 45.6 Å². The SMILES string of the molecule is CCCCCCC/C=C\C/C=C\C/C=C\CCCCCCCCCCCCCCC(=O)NC(COC1OC(CO)C(OC2OC(CO)C(O)C(O)C2O)C(O)C1O)C(O)/C=C/CC/C=C/CC/C=C/CCCCCCCCCCCCCCCCCCC. The zero-order valence-electron chi connectivity index (χ0n) is 55.7. The molecule has 2 saturated heterocycles. The second-order valence-electron chi connectivity index (χ2n) is 25.3. The minimum absolute atomic E-state index is 0.254. The maximum atomic E-state index is 13.3. The van der Waals surface area contributed by atoms with Gasteiger partial charge in [-0.05, 0) is 83.5 Å². The molecule has 2 fully saturated rings. The molecule has 2 rings (SSSR count). The van der Waals surface area contributed by atoms with E-state index in [1.165, 1.54) is 199 Å². The second-order valence-corrected chi connectivity index (χ2v) is 25.3. The average molecular weight is 1240 g/mol. The molecule has 0 aliphatic carbocycles. The number of ether oxygens (including phenoxy) is 4. The standard InChI is InChI=1S/C74H133NO13/c1-3-5-7-9-11-13-15-17-19-21-23-25-27-29-31-33-35-37-39-41-43-45-47-49-51-53-55-57-63(78)62(61-85-73-71(84)69(82)72(65(60-77)87-73)88-74-70(83)68(81)67(80)64(59-76)86-74)75-66(79)58-56-54-52-50-48-46-44-42-40-38-36-34-32-30-28-26-24-22-20-18-16-14-12-10-8-6-4-2/h16,18,22,24,28,30,39,41,47,49,55,57,62-65,67-74,76-78,80-84H,3-15,17,19-21,23,25-27,29,31-38,40,42-46,48,50-54,56,58-61H2,1-2H3,(H,75,79)/b18-16-,24-22-,30-28-,41-39+,49-47+,57-55+. The van der Waals surface area contributed by atoms with Gasteiger partial charge in [0.15, 0.2) is 12.6 Å². The number of hydrogen-bond acceptors (Lipinski definition) is 13. The van der Waals surface area contributed by atoms with Crippen molar-refractivity contribution in [3.8, 4) is 0 Å². The molecule has 0 bridgehead atoms. The van der Waals surface area contributed by atoms with Crippen molar-refractivity contribution in [1.82, 2.24) is 5.32 Å². The van der Waals surface area contributed by atoms with Gasteiger partial charge in [-0.3, -0.25) is 4.79 Å². The molecule has 2 aliphatic rings. The number of allylic oxidation sites excluding steroid dienone is 11. The first-order chi connectivity index (χ1) is 43.1. The lowest BCUT2D eigenvalue weighted by molar-refractivity contribution is -0.359. The summed E-state index contributed by atoms with van der Waals surface area (Å²) in [7, 11) is 0. The molecule has 0 aromatic carbocycles. The summed E-state index contributed by atoms with van der Waals surface area (Å²) in [6.07, 6.45) is 62.4. The third-order valence-electron chi connectivity index (χ3n) is 17.3. The number of aliphatic hydroxyl groups is 8. The van der Waals surface area contributed by atoms with Gasteiger partial charge in [-0.15, -0.1) is 0 Å². The monoisotopic (exact) mass is 1240 g/mol. The van der Waals surface area contributed by atoms with E-state index in [-0.39, 0.29) is 18.9 Å². The number of carbonyl (C=O) groups is 1. The van der Waals surface area contributed by atoms with Crippen molar-refractivity contribution >= 4 is 5.91 Å².